The van der Waals surface area contributed by atoms with Crippen LogP contribution in [0.3, 0.4) is 0 Å². The zero-order valence-electron chi connectivity index (χ0n) is 15.2. The van der Waals surface area contributed by atoms with Gasteiger partial charge in [-0.1, -0.05) is 6.07 Å². The molecule has 0 saturated heterocycles. The Bertz CT molecular complexity index is 620. The Morgan fingerprint density at radius 2 is 1.71 bits per heavy atom. The van der Waals surface area contributed by atoms with Gasteiger partial charge in [0, 0.05) is 10.1 Å². The van der Waals surface area contributed by atoms with E-state index >= 15 is 0 Å². The summed E-state index contributed by atoms with van der Waals surface area (Å²) in [6.45, 7) is 10.3. The lowest BCUT2D eigenvalue weighted by molar-refractivity contribution is -0.153. The second kappa shape index (κ2) is 8.80. The van der Waals surface area contributed by atoms with Gasteiger partial charge in [0.1, 0.15) is 5.60 Å². The molecule has 0 atom stereocenters. The van der Waals surface area contributed by atoms with Gasteiger partial charge in [0.2, 0.25) is 0 Å². The molecule has 0 heterocycles. The normalized spacial score (nSPS) is 11.3. The van der Waals surface area contributed by atoms with Crippen molar-refractivity contribution in [1.29, 1.82) is 0 Å². The highest BCUT2D eigenvalue weighted by atomic mass is 127. The summed E-state index contributed by atoms with van der Waals surface area (Å²) >= 11 is 2.29. The summed E-state index contributed by atoms with van der Waals surface area (Å²) in [6.07, 6.45) is 0.248. The molecule has 0 aliphatic heterocycles. The monoisotopic (exact) mass is 447 g/mol. The highest BCUT2D eigenvalue weighted by molar-refractivity contribution is 14.1. The van der Waals surface area contributed by atoms with Crippen LogP contribution in [0.1, 0.15) is 43.0 Å². The average molecular weight is 447 g/mol. The Hall–Kier alpha value is -1.15. The third-order valence-electron chi connectivity index (χ3n) is 3.54. The van der Waals surface area contributed by atoms with Crippen LogP contribution in [0.4, 0.5) is 0 Å². The molecule has 1 aromatic rings. The summed E-state index contributed by atoms with van der Waals surface area (Å²) in [5.74, 6) is -0.540. The van der Waals surface area contributed by atoms with E-state index in [9.17, 15) is 9.59 Å². The first-order chi connectivity index (χ1) is 11.0. The lowest BCUT2D eigenvalue weighted by Crippen LogP contribution is -2.31. The van der Waals surface area contributed by atoms with E-state index in [2.05, 4.69) is 27.9 Å². The fraction of sp³-hybridized carbons (Fsp3) is 0.556. The Kier molecular flexibility index (Phi) is 7.66. The zero-order valence-corrected chi connectivity index (χ0v) is 17.4. The number of nitrogens with one attached hydrogen (secondary N) is 1. The quantitative estimate of drug-likeness (QED) is 0.537. The van der Waals surface area contributed by atoms with Gasteiger partial charge in [0.05, 0.1) is 20.1 Å². The number of hydrogen-bond donors (Lipinski definition) is 1. The van der Waals surface area contributed by atoms with E-state index in [0.29, 0.717) is 6.54 Å². The van der Waals surface area contributed by atoms with Gasteiger partial charge in [-0.3, -0.25) is 9.59 Å². The molecule has 5 nitrogen and oxygen atoms in total. The van der Waals surface area contributed by atoms with Gasteiger partial charge in [0.15, 0.2) is 0 Å². The van der Waals surface area contributed by atoms with Crippen LogP contribution in [-0.4, -0.2) is 31.2 Å². The topological polar surface area (TPSA) is 64.6 Å². The lowest BCUT2D eigenvalue weighted by atomic mass is 9.98. The maximum absolute atomic E-state index is 11.8. The first kappa shape index (κ1) is 20.9. The molecule has 1 N–H and O–H groups in total. The molecule has 0 spiro atoms. The standard InChI is InChI=1S/C18H26INO4/c1-11-13(8-15(21)23-6)7-14(12(2)17(11)19)9-20-10-16(22)24-18(3,4)5/h7,20H,8-10H2,1-6H3. The highest BCUT2D eigenvalue weighted by Crippen LogP contribution is 2.25. The predicted molar refractivity (Wildman–Crippen MR) is 102 cm³/mol. The maximum atomic E-state index is 11.8. The number of halogens is 1. The fourth-order valence-corrected chi connectivity index (χ4v) is 2.95. The molecule has 6 heteroatoms. The predicted octanol–water partition coefficient (Wildman–Crippen LogP) is 3.05. The Morgan fingerprint density at radius 3 is 2.25 bits per heavy atom. The SMILES string of the molecule is COC(=O)Cc1cc(CNCC(=O)OC(C)(C)C)c(C)c(I)c1C. The van der Waals surface area contributed by atoms with Crippen molar-refractivity contribution in [1.82, 2.24) is 5.32 Å². The van der Waals surface area contributed by atoms with E-state index in [1.54, 1.807) is 0 Å². The van der Waals surface area contributed by atoms with Gasteiger partial charge in [0.25, 0.3) is 0 Å². The third-order valence-corrected chi connectivity index (χ3v) is 5.16. The zero-order chi connectivity index (χ0) is 18.5. The van der Waals surface area contributed by atoms with E-state index < -0.39 is 5.60 Å². The van der Waals surface area contributed by atoms with Crippen molar-refractivity contribution < 1.29 is 19.1 Å². The van der Waals surface area contributed by atoms with E-state index in [1.165, 1.54) is 7.11 Å². The van der Waals surface area contributed by atoms with Crippen molar-refractivity contribution in [3.8, 4) is 0 Å². The Labute approximate surface area is 157 Å². The molecule has 0 unspecified atom stereocenters. The largest absolute Gasteiger partial charge is 0.469 e. The fourth-order valence-electron chi connectivity index (χ4n) is 2.26. The molecule has 0 radical (unpaired) electrons. The Balaban J connectivity index is 2.81. The molecule has 0 aliphatic rings. The lowest BCUT2D eigenvalue weighted by Gasteiger charge is -2.20. The van der Waals surface area contributed by atoms with Crippen LogP contribution in [-0.2, 0) is 32.0 Å². The number of benzene rings is 1. The van der Waals surface area contributed by atoms with Gasteiger partial charge < -0.3 is 14.8 Å². The number of methoxy groups -OCH3 is 1. The highest BCUT2D eigenvalue weighted by Gasteiger charge is 2.17. The van der Waals surface area contributed by atoms with Crippen LogP contribution in [0.25, 0.3) is 0 Å². The molecule has 1 rings (SSSR count). The van der Waals surface area contributed by atoms with Crippen LogP contribution in [0.5, 0.6) is 0 Å². The van der Waals surface area contributed by atoms with Crippen molar-refractivity contribution in [3.05, 3.63) is 31.9 Å². The first-order valence-electron chi connectivity index (χ1n) is 7.82. The second-order valence-corrected chi connectivity index (χ2v) is 7.78. The third kappa shape index (κ3) is 6.39. The molecule has 1 aromatic carbocycles. The average Bonchev–Trinajstić information content (AvgIpc) is 2.47. The van der Waals surface area contributed by atoms with Crippen molar-refractivity contribution in [3.63, 3.8) is 0 Å². The van der Waals surface area contributed by atoms with Gasteiger partial charge in [-0.25, -0.2) is 0 Å². The number of carbonyl (C=O) groups excluding carboxylic acids is 2. The summed E-state index contributed by atoms with van der Waals surface area (Å²) in [4.78, 5) is 23.3. The second-order valence-electron chi connectivity index (χ2n) is 6.70. The molecule has 24 heavy (non-hydrogen) atoms. The number of esters is 2. The van der Waals surface area contributed by atoms with Gasteiger partial charge in [-0.05, 0) is 79.5 Å². The van der Waals surface area contributed by atoms with Crippen molar-refractivity contribution in [2.75, 3.05) is 13.7 Å². The van der Waals surface area contributed by atoms with Crippen molar-refractivity contribution >= 4 is 34.5 Å². The molecule has 0 amide bonds. The van der Waals surface area contributed by atoms with Crippen molar-refractivity contribution in [2.45, 2.75) is 53.2 Å². The molecule has 0 fully saturated rings. The molecular formula is C18H26INO4. The summed E-state index contributed by atoms with van der Waals surface area (Å²) in [6, 6.07) is 2.01. The van der Waals surface area contributed by atoms with Crippen LogP contribution in [0.15, 0.2) is 6.07 Å². The molecule has 0 saturated carbocycles. The molecular weight excluding hydrogens is 421 g/mol. The number of ether oxygens (including phenoxy) is 2. The van der Waals surface area contributed by atoms with Crippen molar-refractivity contribution in [2.24, 2.45) is 0 Å². The molecule has 0 aliphatic carbocycles. The molecule has 0 bridgehead atoms. The minimum atomic E-state index is -0.485. The molecule has 0 aromatic heterocycles. The van der Waals surface area contributed by atoms with Crippen LogP contribution in [0.2, 0.25) is 0 Å². The summed E-state index contributed by atoms with van der Waals surface area (Å²) in [5.41, 5.74) is 3.77. The van der Waals surface area contributed by atoms with Gasteiger partial charge >= 0.3 is 11.9 Å². The number of carbonyl (C=O) groups is 2. The maximum Gasteiger partial charge on any atom is 0.320 e. The van der Waals surface area contributed by atoms with Gasteiger partial charge in [-0.15, -0.1) is 0 Å². The van der Waals surface area contributed by atoms with Gasteiger partial charge in [-0.2, -0.15) is 0 Å². The van der Waals surface area contributed by atoms with E-state index in [1.807, 2.05) is 40.7 Å². The minimum Gasteiger partial charge on any atom is -0.469 e. The first-order valence-corrected chi connectivity index (χ1v) is 8.90. The smallest absolute Gasteiger partial charge is 0.320 e. The summed E-state index contributed by atoms with van der Waals surface area (Å²) in [5, 5.41) is 3.11. The van der Waals surface area contributed by atoms with E-state index in [-0.39, 0.29) is 24.9 Å². The summed E-state index contributed by atoms with van der Waals surface area (Å²) in [7, 11) is 1.39. The number of rotatable bonds is 6. The van der Waals surface area contributed by atoms with Crippen LogP contribution >= 0.6 is 22.6 Å². The van der Waals surface area contributed by atoms with E-state index in [0.717, 1.165) is 25.8 Å². The van der Waals surface area contributed by atoms with Crippen LogP contribution in [0, 0.1) is 17.4 Å². The van der Waals surface area contributed by atoms with E-state index in [4.69, 9.17) is 9.47 Å². The minimum absolute atomic E-state index is 0.146. The van der Waals surface area contributed by atoms with Crippen LogP contribution < -0.4 is 5.32 Å². The summed E-state index contributed by atoms with van der Waals surface area (Å²) < 4.78 is 11.2. The number of hydrogen-bond acceptors (Lipinski definition) is 5. The molecule has 134 valence electrons. The Morgan fingerprint density at radius 1 is 1.12 bits per heavy atom.